The molecule has 1 aromatic carbocycles. The largest absolute Gasteiger partial charge is 0.508 e. The maximum absolute atomic E-state index is 12.5. The van der Waals surface area contributed by atoms with E-state index in [1.807, 2.05) is 0 Å². The summed E-state index contributed by atoms with van der Waals surface area (Å²) in [4.78, 5) is 24.5. The molecule has 3 aliphatic rings. The number of phenolic OH excluding ortho intramolecular Hbond substituents is 1. The lowest BCUT2D eigenvalue weighted by molar-refractivity contribution is -0.336. The summed E-state index contributed by atoms with van der Waals surface area (Å²) in [6, 6.07) is 6.04. The zero-order valence-corrected chi connectivity index (χ0v) is 19.0. The van der Waals surface area contributed by atoms with Gasteiger partial charge in [-0.3, -0.25) is 0 Å². The van der Waals surface area contributed by atoms with E-state index in [0.29, 0.717) is 11.1 Å². The van der Waals surface area contributed by atoms with Crippen LogP contribution in [0.25, 0.3) is 6.08 Å². The molecule has 1 saturated heterocycles. The molecule has 11 heteroatoms. The van der Waals surface area contributed by atoms with E-state index in [-0.39, 0.29) is 17.9 Å². The van der Waals surface area contributed by atoms with Crippen LogP contribution in [0.3, 0.4) is 0 Å². The number of carbonyl (C=O) groups excluding carboxylic acids is 2. The Labute approximate surface area is 206 Å². The number of fused-ring (bicyclic) bond motifs is 1. The Morgan fingerprint density at radius 3 is 2.61 bits per heavy atom. The number of aromatic hydroxyl groups is 1. The number of phenols is 1. The van der Waals surface area contributed by atoms with Gasteiger partial charge in [-0.05, 0) is 35.4 Å². The van der Waals surface area contributed by atoms with E-state index in [1.54, 1.807) is 18.2 Å². The SMILES string of the molecule is C=C[C@@H]1C2=CCOC(=O)C2=CO[C@H]1O[C@@H]1O[C@H](CO)[C@@H](O)[C@H](O)[C@H]1OC(=O)/C=C/c1ccc(O)cc1. The number of aliphatic hydroxyl groups is 3. The first-order valence-electron chi connectivity index (χ1n) is 11.1. The molecule has 3 heterocycles. The number of hydrogen-bond acceptors (Lipinski definition) is 11. The smallest absolute Gasteiger partial charge is 0.341 e. The lowest BCUT2D eigenvalue weighted by atomic mass is 9.89. The number of carbonyl (C=O) groups is 2. The molecular weight excluding hydrogens is 476 g/mol. The van der Waals surface area contributed by atoms with Crippen LogP contribution >= 0.6 is 0 Å². The number of rotatable bonds is 7. The van der Waals surface area contributed by atoms with E-state index in [0.717, 1.165) is 6.08 Å². The van der Waals surface area contributed by atoms with Crippen LogP contribution in [0.2, 0.25) is 0 Å². The van der Waals surface area contributed by atoms with Crippen molar-refractivity contribution in [3.05, 3.63) is 72.0 Å². The monoisotopic (exact) mass is 502 g/mol. The standard InChI is InChI=1S/C25H26O11/c1-2-15-16-9-10-32-23(31)17(16)12-33-24(15)36-25-22(21(30)20(29)18(11-26)34-25)35-19(28)8-5-13-3-6-14(27)7-4-13/h2-9,12,15,18,20-22,24-27,29-30H,1,10-11H2/b8-5+/t15-,18-,20-,21+,22-,24+,25+/m1/s1. The summed E-state index contributed by atoms with van der Waals surface area (Å²) in [6.07, 6.45) is -1.62. The highest BCUT2D eigenvalue weighted by Gasteiger charge is 2.49. The fourth-order valence-electron chi connectivity index (χ4n) is 4.01. The van der Waals surface area contributed by atoms with Crippen LogP contribution in [0, 0.1) is 5.92 Å². The topological polar surface area (TPSA) is 161 Å². The molecule has 0 amide bonds. The summed E-state index contributed by atoms with van der Waals surface area (Å²) in [5.74, 6) is -2.00. The lowest BCUT2D eigenvalue weighted by Crippen LogP contribution is -2.61. The number of hydrogen-bond donors (Lipinski definition) is 4. The molecule has 4 rings (SSSR count). The molecule has 0 radical (unpaired) electrons. The summed E-state index contributed by atoms with van der Waals surface area (Å²) in [7, 11) is 0. The van der Waals surface area contributed by atoms with Gasteiger partial charge in [-0.25, -0.2) is 9.59 Å². The number of cyclic esters (lactones) is 1. The van der Waals surface area contributed by atoms with Gasteiger partial charge in [0, 0.05) is 6.08 Å². The number of aliphatic hydroxyl groups excluding tert-OH is 3. The zero-order chi connectivity index (χ0) is 25.8. The van der Waals surface area contributed by atoms with Gasteiger partial charge < -0.3 is 44.1 Å². The fraction of sp³-hybridized carbons (Fsp3) is 0.360. The molecule has 3 aliphatic heterocycles. The molecule has 4 N–H and O–H groups in total. The second-order valence-corrected chi connectivity index (χ2v) is 8.22. The molecule has 0 spiro atoms. The van der Waals surface area contributed by atoms with Crippen molar-refractivity contribution in [2.75, 3.05) is 13.2 Å². The molecule has 11 nitrogen and oxygen atoms in total. The van der Waals surface area contributed by atoms with E-state index in [4.69, 9.17) is 23.7 Å². The van der Waals surface area contributed by atoms with Gasteiger partial charge in [0.1, 0.15) is 36.9 Å². The molecule has 1 fully saturated rings. The van der Waals surface area contributed by atoms with E-state index >= 15 is 0 Å². The summed E-state index contributed by atoms with van der Waals surface area (Å²) >= 11 is 0. The quantitative estimate of drug-likeness (QED) is 0.231. The third-order valence-electron chi connectivity index (χ3n) is 5.92. The zero-order valence-electron chi connectivity index (χ0n) is 19.0. The molecule has 36 heavy (non-hydrogen) atoms. The summed E-state index contributed by atoms with van der Waals surface area (Å²) < 4.78 is 27.4. The van der Waals surface area contributed by atoms with Gasteiger partial charge in [-0.1, -0.05) is 18.2 Å². The fourth-order valence-corrected chi connectivity index (χ4v) is 4.01. The van der Waals surface area contributed by atoms with Gasteiger partial charge in [0.05, 0.1) is 18.1 Å². The first kappa shape index (κ1) is 25.6. The van der Waals surface area contributed by atoms with Crippen molar-refractivity contribution >= 4 is 18.0 Å². The molecule has 0 aromatic heterocycles. The van der Waals surface area contributed by atoms with Crippen LogP contribution in [-0.2, 0) is 33.3 Å². The van der Waals surface area contributed by atoms with Gasteiger partial charge >= 0.3 is 11.9 Å². The van der Waals surface area contributed by atoms with Crippen LogP contribution in [0.15, 0.2) is 66.5 Å². The first-order valence-corrected chi connectivity index (χ1v) is 11.1. The van der Waals surface area contributed by atoms with Gasteiger partial charge in [-0.15, -0.1) is 6.58 Å². The molecule has 192 valence electrons. The van der Waals surface area contributed by atoms with Crippen molar-refractivity contribution < 1.29 is 53.7 Å². The molecule has 0 aliphatic carbocycles. The second kappa shape index (κ2) is 11.1. The number of benzene rings is 1. The normalized spacial score (nSPS) is 32.0. The molecule has 1 aromatic rings. The van der Waals surface area contributed by atoms with Crippen molar-refractivity contribution in [3.63, 3.8) is 0 Å². The Morgan fingerprint density at radius 2 is 1.92 bits per heavy atom. The molecular formula is C25H26O11. The van der Waals surface area contributed by atoms with Crippen LogP contribution in [0.5, 0.6) is 5.75 Å². The Morgan fingerprint density at radius 1 is 1.17 bits per heavy atom. The van der Waals surface area contributed by atoms with Gasteiger partial charge in [0.2, 0.25) is 12.6 Å². The Kier molecular flexibility index (Phi) is 7.87. The van der Waals surface area contributed by atoms with Gasteiger partial charge in [0.15, 0.2) is 6.10 Å². The van der Waals surface area contributed by atoms with E-state index < -0.39 is 61.5 Å². The van der Waals surface area contributed by atoms with E-state index in [1.165, 1.54) is 30.5 Å². The lowest BCUT2D eigenvalue weighted by Gasteiger charge is -2.43. The van der Waals surface area contributed by atoms with Crippen LogP contribution in [0.1, 0.15) is 5.56 Å². The highest BCUT2D eigenvalue weighted by Crippen LogP contribution is 2.36. The highest BCUT2D eigenvalue weighted by atomic mass is 16.8. The third kappa shape index (κ3) is 5.35. The Balaban J connectivity index is 1.52. The summed E-state index contributed by atoms with van der Waals surface area (Å²) in [6.45, 7) is 3.19. The second-order valence-electron chi connectivity index (χ2n) is 8.22. The van der Waals surface area contributed by atoms with Crippen LogP contribution in [-0.4, -0.2) is 82.6 Å². The van der Waals surface area contributed by atoms with E-state index in [2.05, 4.69) is 6.58 Å². The summed E-state index contributed by atoms with van der Waals surface area (Å²) in [5, 5.41) is 39.9. The predicted octanol–water partition coefficient (Wildman–Crippen LogP) is 0.298. The maximum Gasteiger partial charge on any atom is 0.341 e. The Bertz CT molecular complexity index is 1070. The van der Waals surface area contributed by atoms with Crippen molar-refractivity contribution in [2.24, 2.45) is 5.92 Å². The minimum atomic E-state index is -1.66. The minimum absolute atomic E-state index is 0.0631. The maximum atomic E-state index is 12.5. The van der Waals surface area contributed by atoms with Gasteiger partial charge in [0.25, 0.3) is 0 Å². The minimum Gasteiger partial charge on any atom is -0.508 e. The van der Waals surface area contributed by atoms with Crippen molar-refractivity contribution in [1.29, 1.82) is 0 Å². The van der Waals surface area contributed by atoms with Crippen LogP contribution < -0.4 is 0 Å². The van der Waals surface area contributed by atoms with Crippen molar-refractivity contribution in [1.82, 2.24) is 0 Å². The Hall–Kier alpha value is -3.48. The average Bonchev–Trinajstić information content (AvgIpc) is 2.88. The van der Waals surface area contributed by atoms with Crippen molar-refractivity contribution in [2.45, 2.75) is 37.0 Å². The average molecular weight is 502 g/mol. The molecule has 0 bridgehead atoms. The third-order valence-corrected chi connectivity index (χ3v) is 5.92. The summed E-state index contributed by atoms with van der Waals surface area (Å²) in [5.41, 5.74) is 1.38. The highest BCUT2D eigenvalue weighted by molar-refractivity contribution is 5.94. The molecule has 7 atom stereocenters. The predicted molar refractivity (Wildman–Crippen MR) is 122 cm³/mol. The molecule has 0 saturated carbocycles. The van der Waals surface area contributed by atoms with Crippen LogP contribution in [0.4, 0.5) is 0 Å². The van der Waals surface area contributed by atoms with Crippen molar-refractivity contribution in [3.8, 4) is 5.75 Å². The van der Waals surface area contributed by atoms with Gasteiger partial charge in [-0.2, -0.15) is 0 Å². The molecule has 0 unspecified atom stereocenters. The first-order chi connectivity index (χ1) is 17.3. The number of esters is 2. The number of ether oxygens (including phenoxy) is 5. The van der Waals surface area contributed by atoms with E-state index in [9.17, 15) is 30.0 Å².